The molecule has 33 heavy (non-hydrogen) atoms. The highest BCUT2D eigenvalue weighted by Gasteiger charge is 2.28. The standard InChI is InChI=1S/C25H22F2N2O4/c1-15-25(31)29(13-16-5-3-4-6-22(16)32-2)14-17-11-19(8-10-23(17)33-15)28-24(30)20-9-7-18(26)12-21(20)27/h3-12,15H,13-14H2,1-2H3,(H,28,30)/t15-/m1/s1. The van der Waals surface area contributed by atoms with Crippen molar-refractivity contribution in [2.75, 3.05) is 12.4 Å². The van der Waals surface area contributed by atoms with Crippen LogP contribution in [0.3, 0.4) is 0 Å². The van der Waals surface area contributed by atoms with E-state index in [4.69, 9.17) is 9.47 Å². The van der Waals surface area contributed by atoms with Gasteiger partial charge in [-0.2, -0.15) is 0 Å². The minimum atomic E-state index is -0.951. The number of nitrogens with zero attached hydrogens (tertiary/aromatic N) is 1. The van der Waals surface area contributed by atoms with Crippen LogP contribution in [0.15, 0.2) is 60.7 Å². The number of anilines is 1. The SMILES string of the molecule is COc1ccccc1CN1Cc2cc(NC(=O)c3ccc(F)cc3F)ccc2O[C@H](C)C1=O. The van der Waals surface area contributed by atoms with Crippen molar-refractivity contribution in [2.24, 2.45) is 0 Å². The van der Waals surface area contributed by atoms with E-state index in [1.54, 1.807) is 37.1 Å². The minimum absolute atomic E-state index is 0.184. The zero-order valence-corrected chi connectivity index (χ0v) is 18.1. The van der Waals surface area contributed by atoms with Crippen LogP contribution in [0.5, 0.6) is 11.5 Å². The summed E-state index contributed by atoms with van der Waals surface area (Å²) in [7, 11) is 1.57. The summed E-state index contributed by atoms with van der Waals surface area (Å²) in [5.74, 6) is -1.42. The molecule has 3 aromatic carbocycles. The second kappa shape index (κ2) is 9.28. The molecule has 0 saturated heterocycles. The molecule has 8 heteroatoms. The van der Waals surface area contributed by atoms with Gasteiger partial charge in [-0.1, -0.05) is 18.2 Å². The Morgan fingerprint density at radius 1 is 1.15 bits per heavy atom. The van der Waals surface area contributed by atoms with Gasteiger partial charge in [-0.3, -0.25) is 9.59 Å². The fourth-order valence-electron chi connectivity index (χ4n) is 3.72. The first kappa shape index (κ1) is 22.3. The first-order valence-electron chi connectivity index (χ1n) is 10.3. The van der Waals surface area contributed by atoms with Crippen LogP contribution in [0.25, 0.3) is 0 Å². The van der Waals surface area contributed by atoms with Gasteiger partial charge < -0.3 is 19.7 Å². The fourth-order valence-corrected chi connectivity index (χ4v) is 3.72. The monoisotopic (exact) mass is 452 g/mol. The molecule has 1 aliphatic rings. The first-order chi connectivity index (χ1) is 15.9. The Balaban J connectivity index is 1.59. The second-order valence-corrected chi connectivity index (χ2v) is 7.67. The average molecular weight is 452 g/mol. The maximum atomic E-state index is 14.0. The molecule has 0 radical (unpaired) electrons. The zero-order valence-electron chi connectivity index (χ0n) is 18.1. The van der Waals surface area contributed by atoms with Gasteiger partial charge in [-0.05, 0) is 43.3 Å². The number of benzene rings is 3. The number of fused-ring (bicyclic) bond motifs is 1. The number of halogens is 2. The van der Waals surface area contributed by atoms with Crippen molar-refractivity contribution in [2.45, 2.75) is 26.1 Å². The van der Waals surface area contributed by atoms with Gasteiger partial charge in [0, 0.05) is 36.0 Å². The van der Waals surface area contributed by atoms with E-state index in [0.717, 1.165) is 17.7 Å². The van der Waals surface area contributed by atoms with E-state index in [0.29, 0.717) is 35.4 Å². The third-order valence-corrected chi connectivity index (χ3v) is 5.37. The van der Waals surface area contributed by atoms with Crippen LogP contribution in [0.1, 0.15) is 28.4 Å². The smallest absolute Gasteiger partial charge is 0.263 e. The Morgan fingerprint density at radius 3 is 2.70 bits per heavy atom. The molecule has 4 rings (SSSR count). The number of carbonyl (C=O) groups excluding carboxylic acids is 2. The molecule has 170 valence electrons. The summed E-state index contributed by atoms with van der Waals surface area (Å²) >= 11 is 0. The number of nitrogens with one attached hydrogen (secondary N) is 1. The van der Waals surface area contributed by atoms with Gasteiger partial charge >= 0.3 is 0 Å². The summed E-state index contributed by atoms with van der Waals surface area (Å²) in [6.45, 7) is 2.23. The third-order valence-electron chi connectivity index (χ3n) is 5.37. The normalized spacial score (nSPS) is 15.3. The Hall–Kier alpha value is -3.94. The van der Waals surface area contributed by atoms with Gasteiger partial charge in [0.05, 0.1) is 12.7 Å². The van der Waals surface area contributed by atoms with Gasteiger partial charge in [0.2, 0.25) is 0 Å². The van der Waals surface area contributed by atoms with Crippen LogP contribution in [-0.4, -0.2) is 29.9 Å². The Bertz CT molecular complexity index is 1210. The minimum Gasteiger partial charge on any atom is -0.496 e. The fraction of sp³-hybridized carbons (Fsp3) is 0.200. The number of rotatable bonds is 5. The summed E-state index contributed by atoms with van der Waals surface area (Å²) in [5, 5.41) is 2.61. The molecule has 1 heterocycles. The molecule has 2 amide bonds. The maximum Gasteiger partial charge on any atom is 0.263 e. The molecule has 0 spiro atoms. The lowest BCUT2D eigenvalue weighted by Crippen LogP contribution is -2.37. The number of methoxy groups -OCH3 is 1. The second-order valence-electron chi connectivity index (χ2n) is 7.67. The molecule has 1 aliphatic heterocycles. The topological polar surface area (TPSA) is 67.9 Å². The van der Waals surface area contributed by atoms with Gasteiger partial charge in [0.25, 0.3) is 11.8 Å². The molecule has 0 bridgehead atoms. The van der Waals surface area contributed by atoms with Crippen LogP contribution < -0.4 is 14.8 Å². The zero-order chi connectivity index (χ0) is 23.5. The summed E-state index contributed by atoms with van der Waals surface area (Å²) in [4.78, 5) is 27.1. The summed E-state index contributed by atoms with van der Waals surface area (Å²) in [6.07, 6.45) is -0.699. The van der Waals surface area contributed by atoms with Crippen molar-refractivity contribution in [1.82, 2.24) is 4.90 Å². The van der Waals surface area contributed by atoms with Gasteiger partial charge in [-0.15, -0.1) is 0 Å². The highest BCUT2D eigenvalue weighted by Crippen LogP contribution is 2.30. The van der Waals surface area contributed by atoms with Crippen LogP contribution in [0.4, 0.5) is 14.5 Å². The average Bonchev–Trinajstić information content (AvgIpc) is 2.90. The summed E-state index contributed by atoms with van der Waals surface area (Å²) in [5.41, 5.74) is 1.65. The van der Waals surface area contributed by atoms with E-state index in [1.165, 1.54) is 0 Å². The number of hydrogen-bond acceptors (Lipinski definition) is 4. The van der Waals surface area contributed by atoms with Crippen molar-refractivity contribution < 1.29 is 27.8 Å². The summed E-state index contributed by atoms with van der Waals surface area (Å²) in [6, 6.07) is 15.1. The molecule has 0 fully saturated rings. The predicted octanol–water partition coefficient (Wildman–Crippen LogP) is 4.54. The molecule has 0 aromatic heterocycles. The van der Waals surface area contributed by atoms with Crippen molar-refractivity contribution in [3.05, 3.63) is 89.0 Å². The number of para-hydroxylation sites is 1. The molecular formula is C25H22F2N2O4. The Morgan fingerprint density at radius 2 is 1.94 bits per heavy atom. The van der Waals surface area contributed by atoms with Crippen molar-refractivity contribution >= 4 is 17.5 Å². The van der Waals surface area contributed by atoms with Crippen LogP contribution in [0.2, 0.25) is 0 Å². The Kier molecular flexibility index (Phi) is 6.26. The quantitative estimate of drug-likeness (QED) is 0.618. The van der Waals surface area contributed by atoms with E-state index < -0.39 is 23.6 Å². The third kappa shape index (κ3) is 4.79. The molecule has 1 N–H and O–H groups in total. The van der Waals surface area contributed by atoms with E-state index in [9.17, 15) is 18.4 Å². The molecule has 0 unspecified atom stereocenters. The molecule has 1 atom stereocenters. The van der Waals surface area contributed by atoms with Crippen LogP contribution in [-0.2, 0) is 17.9 Å². The van der Waals surface area contributed by atoms with E-state index in [-0.39, 0.29) is 18.0 Å². The molecule has 0 saturated carbocycles. The first-order valence-corrected chi connectivity index (χ1v) is 10.3. The maximum absolute atomic E-state index is 14.0. The van der Waals surface area contributed by atoms with Crippen LogP contribution >= 0.6 is 0 Å². The molecule has 6 nitrogen and oxygen atoms in total. The van der Waals surface area contributed by atoms with Crippen molar-refractivity contribution in [1.29, 1.82) is 0 Å². The van der Waals surface area contributed by atoms with E-state index >= 15 is 0 Å². The number of amides is 2. The number of ether oxygens (including phenoxy) is 2. The molecule has 3 aromatic rings. The van der Waals surface area contributed by atoms with Crippen molar-refractivity contribution in [3.63, 3.8) is 0 Å². The van der Waals surface area contributed by atoms with Crippen molar-refractivity contribution in [3.8, 4) is 11.5 Å². The highest BCUT2D eigenvalue weighted by atomic mass is 19.1. The largest absolute Gasteiger partial charge is 0.496 e. The number of hydrogen-bond donors (Lipinski definition) is 1. The lowest BCUT2D eigenvalue weighted by Gasteiger charge is -2.23. The highest BCUT2D eigenvalue weighted by molar-refractivity contribution is 6.04. The van der Waals surface area contributed by atoms with Gasteiger partial charge in [0.1, 0.15) is 23.1 Å². The number of carbonyl (C=O) groups is 2. The van der Waals surface area contributed by atoms with Gasteiger partial charge in [-0.25, -0.2) is 8.78 Å². The molecule has 0 aliphatic carbocycles. The van der Waals surface area contributed by atoms with Gasteiger partial charge in [0.15, 0.2) is 6.10 Å². The molecular weight excluding hydrogens is 430 g/mol. The van der Waals surface area contributed by atoms with Crippen LogP contribution in [0, 0.1) is 11.6 Å². The summed E-state index contributed by atoms with van der Waals surface area (Å²) < 4.78 is 38.3. The van der Waals surface area contributed by atoms with E-state index in [1.807, 2.05) is 24.3 Å². The lowest BCUT2D eigenvalue weighted by atomic mass is 10.1. The lowest BCUT2D eigenvalue weighted by molar-refractivity contribution is -0.138. The predicted molar refractivity (Wildman–Crippen MR) is 118 cm³/mol. The Labute approximate surface area is 189 Å². The van der Waals surface area contributed by atoms with E-state index in [2.05, 4.69) is 5.32 Å².